The molecule has 0 bridgehead atoms. The third-order valence-corrected chi connectivity index (χ3v) is 6.26. The average molecular weight is 316 g/mol. The van der Waals surface area contributed by atoms with Gasteiger partial charge in [0.2, 0.25) is 15.9 Å². The van der Waals surface area contributed by atoms with Crippen molar-refractivity contribution in [3.63, 3.8) is 0 Å². The molecule has 108 valence electrons. The Kier molecular flexibility index (Phi) is 3.43. The summed E-state index contributed by atoms with van der Waals surface area (Å²) < 4.78 is 26.8. The SMILES string of the molecule is O=C1NCC2C1CCCN2S(=O)(=O)c1cnccc1Cl. The van der Waals surface area contributed by atoms with Gasteiger partial charge in [0.05, 0.1) is 17.0 Å². The van der Waals surface area contributed by atoms with Crippen molar-refractivity contribution in [3.05, 3.63) is 23.5 Å². The third-order valence-electron chi connectivity index (χ3n) is 3.87. The van der Waals surface area contributed by atoms with Crippen LogP contribution in [0.2, 0.25) is 5.02 Å². The van der Waals surface area contributed by atoms with Gasteiger partial charge >= 0.3 is 0 Å². The maximum atomic E-state index is 12.7. The first-order valence-corrected chi connectivity index (χ1v) is 8.22. The lowest BCUT2D eigenvalue weighted by Gasteiger charge is -2.34. The molecular formula is C12H14ClN3O3S. The number of hydrogen-bond donors (Lipinski definition) is 1. The molecular weight excluding hydrogens is 302 g/mol. The smallest absolute Gasteiger partial charge is 0.246 e. The van der Waals surface area contributed by atoms with Crippen molar-refractivity contribution in [2.45, 2.75) is 23.8 Å². The Hall–Kier alpha value is -1.18. The number of carbonyl (C=O) groups excluding carboxylic acids is 1. The number of sulfonamides is 1. The van der Waals surface area contributed by atoms with Crippen LogP contribution in [-0.4, -0.2) is 42.7 Å². The van der Waals surface area contributed by atoms with Gasteiger partial charge in [-0.25, -0.2) is 8.42 Å². The average Bonchev–Trinajstić information content (AvgIpc) is 2.81. The van der Waals surface area contributed by atoms with Gasteiger partial charge in [-0.2, -0.15) is 4.31 Å². The van der Waals surface area contributed by atoms with Crippen LogP contribution >= 0.6 is 11.6 Å². The van der Waals surface area contributed by atoms with Gasteiger partial charge in [-0.1, -0.05) is 11.6 Å². The number of pyridine rings is 1. The van der Waals surface area contributed by atoms with Gasteiger partial charge < -0.3 is 5.32 Å². The van der Waals surface area contributed by atoms with Gasteiger partial charge in [-0.05, 0) is 18.9 Å². The van der Waals surface area contributed by atoms with Gasteiger partial charge in [-0.3, -0.25) is 9.78 Å². The second-order valence-corrected chi connectivity index (χ2v) is 7.25. The van der Waals surface area contributed by atoms with E-state index in [-0.39, 0.29) is 27.8 Å². The molecule has 0 aromatic carbocycles. The Morgan fingerprint density at radius 1 is 1.45 bits per heavy atom. The van der Waals surface area contributed by atoms with E-state index in [1.165, 1.54) is 22.8 Å². The highest BCUT2D eigenvalue weighted by Crippen LogP contribution is 2.33. The summed E-state index contributed by atoms with van der Waals surface area (Å²) in [5.41, 5.74) is 0. The molecule has 20 heavy (non-hydrogen) atoms. The second kappa shape index (κ2) is 4.98. The van der Waals surface area contributed by atoms with Crippen molar-refractivity contribution in [3.8, 4) is 0 Å². The molecule has 3 heterocycles. The molecule has 2 unspecified atom stereocenters. The molecule has 0 spiro atoms. The van der Waals surface area contributed by atoms with Crippen LogP contribution in [0.25, 0.3) is 0 Å². The lowest BCUT2D eigenvalue weighted by molar-refractivity contribution is -0.123. The molecule has 3 rings (SSSR count). The monoisotopic (exact) mass is 315 g/mol. The number of aromatic nitrogens is 1. The number of amides is 1. The first-order valence-electron chi connectivity index (χ1n) is 6.41. The lowest BCUT2D eigenvalue weighted by Crippen LogP contribution is -2.48. The van der Waals surface area contributed by atoms with E-state index in [9.17, 15) is 13.2 Å². The maximum absolute atomic E-state index is 12.7. The van der Waals surface area contributed by atoms with E-state index in [0.29, 0.717) is 19.5 Å². The van der Waals surface area contributed by atoms with Gasteiger partial charge in [-0.15, -0.1) is 0 Å². The first-order chi connectivity index (χ1) is 9.51. The van der Waals surface area contributed by atoms with E-state index >= 15 is 0 Å². The van der Waals surface area contributed by atoms with Crippen molar-refractivity contribution in [2.75, 3.05) is 13.1 Å². The molecule has 2 aliphatic rings. The number of rotatable bonds is 2. The fourth-order valence-electron chi connectivity index (χ4n) is 2.89. The van der Waals surface area contributed by atoms with Crippen LogP contribution < -0.4 is 5.32 Å². The molecule has 1 amide bonds. The number of hydrogen-bond acceptors (Lipinski definition) is 4. The van der Waals surface area contributed by atoms with Crippen LogP contribution in [0.3, 0.4) is 0 Å². The Morgan fingerprint density at radius 2 is 2.25 bits per heavy atom. The molecule has 0 radical (unpaired) electrons. The number of carbonyl (C=O) groups is 1. The van der Waals surface area contributed by atoms with Gasteiger partial charge in [0.15, 0.2) is 0 Å². The van der Waals surface area contributed by atoms with Crippen LogP contribution in [-0.2, 0) is 14.8 Å². The summed E-state index contributed by atoms with van der Waals surface area (Å²) in [6.45, 7) is 0.768. The normalized spacial score (nSPS) is 27.1. The molecule has 8 heteroatoms. The van der Waals surface area contributed by atoms with E-state index in [1.807, 2.05) is 0 Å². The summed E-state index contributed by atoms with van der Waals surface area (Å²) in [7, 11) is -3.72. The van der Waals surface area contributed by atoms with E-state index in [4.69, 9.17) is 11.6 Å². The number of halogens is 1. The standard InChI is InChI=1S/C12H14ClN3O3S/c13-9-3-4-14-7-11(9)20(18,19)16-5-1-2-8-10(16)6-15-12(8)17/h3-4,7-8,10H,1-2,5-6H2,(H,15,17). The summed E-state index contributed by atoms with van der Waals surface area (Å²) in [6.07, 6.45) is 4.10. The summed E-state index contributed by atoms with van der Waals surface area (Å²) in [5, 5.41) is 2.89. The molecule has 1 aromatic heterocycles. The molecule has 0 aliphatic carbocycles. The van der Waals surface area contributed by atoms with Crippen LogP contribution in [0.5, 0.6) is 0 Å². The number of piperidine rings is 1. The minimum absolute atomic E-state index is 0.00154. The molecule has 0 saturated carbocycles. The minimum atomic E-state index is -3.72. The number of nitrogens with zero attached hydrogens (tertiary/aromatic N) is 2. The topological polar surface area (TPSA) is 79.4 Å². The van der Waals surface area contributed by atoms with Gasteiger partial charge in [0, 0.05) is 25.5 Å². The van der Waals surface area contributed by atoms with Crippen molar-refractivity contribution in [1.29, 1.82) is 0 Å². The molecule has 2 saturated heterocycles. The molecule has 1 aromatic rings. The summed E-state index contributed by atoms with van der Waals surface area (Å²) >= 11 is 5.97. The Bertz CT molecular complexity index is 649. The summed E-state index contributed by atoms with van der Waals surface area (Å²) in [5.74, 6) is -0.318. The number of nitrogens with one attached hydrogen (secondary N) is 1. The van der Waals surface area contributed by atoms with E-state index in [2.05, 4.69) is 10.3 Å². The van der Waals surface area contributed by atoms with Crippen LogP contribution in [0.15, 0.2) is 23.4 Å². The maximum Gasteiger partial charge on any atom is 0.246 e. The van der Waals surface area contributed by atoms with Crippen LogP contribution in [0.1, 0.15) is 12.8 Å². The fraction of sp³-hybridized carbons (Fsp3) is 0.500. The molecule has 6 nitrogen and oxygen atoms in total. The third kappa shape index (κ3) is 2.10. The molecule has 2 aliphatic heterocycles. The zero-order valence-electron chi connectivity index (χ0n) is 10.6. The summed E-state index contributed by atoms with van der Waals surface area (Å²) in [4.78, 5) is 15.5. The van der Waals surface area contributed by atoms with E-state index in [0.717, 1.165) is 6.42 Å². The highest BCUT2D eigenvalue weighted by molar-refractivity contribution is 7.89. The second-order valence-electron chi connectivity index (χ2n) is 4.98. The molecule has 1 N–H and O–H groups in total. The Morgan fingerprint density at radius 3 is 3.00 bits per heavy atom. The minimum Gasteiger partial charge on any atom is -0.354 e. The zero-order chi connectivity index (χ0) is 14.3. The van der Waals surface area contributed by atoms with Crippen LogP contribution in [0.4, 0.5) is 0 Å². The van der Waals surface area contributed by atoms with Crippen molar-refractivity contribution < 1.29 is 13.2 Å². The first kappa shape index (κ1) is 13.8. The predicted molar refractivity (Wildman–Crippen MR) is 72.7 cm³/mol. The van der Waals surface area contributed by atoms with Crippen molar-refractivity contribution >= 4 is 27.5 Å². The van der Waals surface area contributed by atoms with Crippen molar-refractivity contribution in [1.82, 2.24) is 14.6 Å². The highest BCUT2D eigenvalue weighted by atomic mass is 35.5. The fourth-order valence-corrected chi connectivity index (χ4v) is 5.00. The number of fused-ring (bicyclic) bond motifs is 1. The Labute approximate surface area is 122 Å². The quantitative estimate of drug-likeness (QED) is 0.868. The molecule has 2 fully saturated rings. The van der Waals surface area contributed by atoms with Gasteiger partial charge in [0.1, 0.15) is 4.90 Å². The lowest BCUT2D eigenvalue weighted by atomic mass is 9.93. The van der Waals surface area contributed by atoms with Gasteiger partial charge in [0.25, 0.3) is 0 Å². The Balaban J connectivity index is 1.99. The van der Waals surface area contributed by atoms with Crippen LogP contribution in [0, 0.1) is 5.92 Å². The van der Waals surface area contributed by atoms with E-state index < -0.39 is 10.0 Å². The zero-order valence-corrected chi connectivity index (χ0v) is 12.2. The predicted octanol–water partition coefficient (Wildman–Crippen LogP) is 0.634. The molecule has 2 atom stereocenters. The van der Waals surface area contributed by atoms with Crippen molar-refractivity contribution in [2.24, 2.45) is 5.92 Å². The summed E-state index contributed by atoms with van der Waals surface area (Å²) in [6, 6.07) is 1.13. The van der Waals surface area contributed by atoms with E-state index in [1.54, 1.807) is 0 Å². The highest BCUT2D eigenvalue weighted by Gasteiger charge is 2.46. The largest absolute Gasteiger partial charge is 0.354 e.